The van der Waals surface area contributed by atoms with E-state index in [2.05, 4.69) is 0 Å². The molecule has 6 nitrogen and oxygen atoms in total. The zero-order chi connectivity index (χ0) is 15.6. The first-order chi connectivity index (χ1) is 9.91. The van der Waals surface area contributed by atoms with E-state index in [-0.39, 0.29) is 24.5 Å². The molecule has 114 valence electrons. The first-order valence-corrected chi connectivity index (χ1v) is 7.08. The fourth-order valence-corrected chi connectivity index (χ4v) is 2.25. The first kappa shape index (κ1) is 15.2. The number of likely N-dealkylation sites (N-methyl/N-ethyl adjacent to an activating group) is 1. The maximum absolute atomic E-state index is 12.4. The van der Waals surface area contributed by atoms with Crippen LogP contribution in [0, 0.1) is 0 Å². The number of amides is 3. The van der Waals surface area contributed by atoms with Crippen molar-refractivity contribution < 1.29 is 9.59 Å². The van der Waals surface area contributed by atoms with E-state index < -0.39 is 0 Å². The van der Waals surface area contributed by atoms with Crippen LogP contribution < -0.4 is 10.6 Å². The molecule has 0 aliphatic carbocycles. The second-order valence-electron chi connectivity index (χ2n) is 5.51. The van der Waals surface area contributed by atoms with Crippen molar-refractivity contribution in [3.63, 3.8) is 0 Å². The minimum absolute atomic E-state index is 0.0544. The first-order valence-electron chi connectivity index (χ1n) is 7.08. The largest absolute Gasteiger partial charge is 0.397 e. The molecule has 3 amide bonds. The van der Waals surface area contributed by atoms with Gasteiger partial charge in [-0.3, -0.25) is 9.69 Å². The zero-order valence-electron chi connectivity index (χ0n) is 12.7. The molecule has 1 aliphatic heterocycles. The van der Waals surface area contributed by atoms with Crippen molar-refractivity contribution >= 4 is 23.3 Å². The molecule has 0 atom stereocenters. The third-order valence-corrected chi connectivity index (χ3v) is 3.82. The number of nitrogen functional groups attached to an aromatic ring is 1. The Kier molecular flexibility index (Phi) is 4.35. The summed E-state index contributed by atoms with van der Waals surface area (Å²) in [6.07, 6.45) is 0. The SMILES string of the molecule is CC(C)N(C)C(=O)CN1CCN(c2ccccc2N)C1=O. The van der Waals surface area contributed by atoms with Gasteiger partial charge in [-0.25, -0.2) is 4.79 Å². The predicted octanol–water partition coefficient (Wildman–Crippen LogP) is 1.38. The summed E-state index contributed by atoms with van der Waals surface area (Å²) in [6.45, 7) is 5.08. The number of nitrogens with zero attached hydrogens (tertiary/aromatic N) is 3. The van der Waals surface area contributed by atoms with Crippen LogP contribution in [-0.4, -0.2) is 54.5 Å². The van der Waals surface area contributed by atoms with Crippen molar-refractivity contribution in [3.8, 4) is 0 Å². The van der Waals surface area contributed by atoms with Gasteiger partial charge in [0, 0.05) is 26.2 Å². The third kappa shape index (κ3) is 3.09. The second kappa shape index (κ2) is 6.03. The van der Waals surface area contributed by atoms with E-state index >= 15 is 0 Å². The summed E-state index contributed by atoms with van der Waals surface area (Å²) in [5.41, 5.74) is 7.18. The van der Waals surface area contributed by atoms with E-state index in [9.17, 15) is 9.59 Å². The second-order valence-corrected chi connectivity index (χ2v) is 5.51. The molecule has 1 fully saturated rings. The lowest BCUT2D eigenvalue weighted by Gasteiger charge is -2.25. The highest BCUT2D eigenvalue weighted by Gasteiger charge is 2.32. The molecule has 2 N–H and O–H groups in total. The lowest BCUT2D eigenvalue weighted by atomic mass is 10.2. The average molecular weight is 290 g/mol. The van der Waals surface area contributed by atoms with Gasteiger partial charge in [0.1, 0.15) is 6.54 Å². The summed E-state index contributed by atoms with van der Waals surface area (Å²) < 4.78 is 0. The molecule has 0 unspecified atom stereocenters. The molecule has 1 aromatic rings. The summed E-state index contributed by atoms with van der Waals surface area (Å²) in [5, 5.41) is 0. The van der Waals surface area contributed by atoms with Gasteiger partial charge in [0.15, 0.2) is 0 Å². The molecule has 1 aliphatic rings. The molecule has 21 heavy (non-hydrogen) atoms. The molecular weight excluding hydrogens is 268 g/mol. The number of anilines is 2. The smallest absolute Gasteiger partial charge is 0.325 e. The number of para-hydroxylation sites is 2. The topological polar surface area (TPSA) is 69.9 Å². The highest BCUT2D eigenvalue weighted by atomic mass is 16.2. The molecule has 0 bridgehead atoms. The molecule has 1 saturated heterocycles. The molecule has 1 aromatic carbocycles. The van der Waals surface area contributed by atoms with Crippen molar-refractivity contribution in [2.24, 2.45) is 0 Å². The molecule has 1 heterocycles. The van der Waals surface area contributed by atoms with E-state index in [1.807, 2.05) is 32.0 Å². The van der Waals surface area contributed by atoms with E-state index in [4.69, 9.17) is 5.73 Å². The number of urea groups is 1. The number of rotatable bonds is 4. The fourth-order valence-electron chi connectivity index (χ4n) is 2.25. The Morgan fingerprint density at radius 3 is 2.62 bits per heavy atom. The van der Waals surface area contributed by atoms with Gasteiger partial charge in [0.05, 0.1) is 11.4 Å². The van der Waals surface area contributed by atoms with Crippen LogP contribution in [0.2, 0.25) is 0 Å². The fraction of sp³-hybridized carbons (Fsp3) is 0.467. The number of benzene rings is 1. The maximum atomic E-state index is 12.4. The minimum Gasteiger partial charge on any atom is -0.397 e. The van der Waals surface area contributed by atoms with Crippen molar-refractivity contribution in [3.05, 3.63) is 24.3 Å². The van der Waals surface area contributed by atoms with Crippen molar-refractivity contribution in [2.75, 3.05) is 37.3 Å². The lowest BCUT2D eigenvalue weighted by molar-refractivity contribution is -0.131. The minimum atomic E-state index is -0.168. The number of hydrogen-bond donors (Lipinski definition) is 1. The standard InChI is InChI=1S/C15H22N4O2/c1-11(2)17(3)14(20)10-18-8-9-19(15(18)21)13-7-5-4-6-12(13)16/h4-7,11H,8-10,16H2,1-3H3. The van der Waals surface area contributed by atoms with Gasteiger partial charge < -0.3 is 15.5 Å². The van der Waals surface area contributed by atoms with Gasteiger partial charge in [-0.15, -0.1) is 0 Å². The summed E-state index contributed by atoms with van der Waals surface area (Å²) in [6, 6.07) is 7.22. The maximum Gasteiger partial charge on any atom is 0.325 e. The van der Waals surface area contributed by atoms with Crippen LogP contribution in [0.25, 0.3) is 0 Å². The Morgan fingerprint density at radius 2 is 2.00 bits per heavy atom. The molecule has 2 rings (SSSR count). The predicted molar refractivity (Wildman–Crippen MR) is 83.1 cm³/mol. The van der Waals surface area contributed by atoms with Gasteiger partial charge >= 0.3 is 6.03 Å². The van der Waals surface area contributed by atoms with E-state index in [0.717, 1.165) is 0 Å². The van der Waals surface area contributed by atoms with Gasteiger partial charge in [0.25, 0.3) is 0 Å². The summed E-state index contributed by atoms with van der Waals surface area (Å²) >= 11 is 0. The third-order valence-electron chi connectivity index (χ3n) is 3.82. The van der Waals surface area contributed by atoms with E-state index in [0.29, 0.717) is 24.5 Å². The van der Waals surface area contributed by atoms with Gasteiger partial charge in [-0.1, -0.05) is 12.1 Å². The van der Waals surface area contributed by atoms with Gasteiger partial charge in [-0.2, -0.15) is 0 Å². The lowest BCUT2D eigenvalue weighted by Crippen LogP contribution is -2.43. The monoisotopic (exact) mass is 290 g/mol. The van der Waals surface area contributed by atoms with Crippen LogP contribution in [0.1, 0.15) is 13.8 Å². The highest BCUT2D eigenvalue weighted by Crippen LogP contribution is 2.26. The van der Waals surface area contributed by atoms with Crippen LogP contribution in [0.15, 0.2) is 24.3 Å². The molecule has 0 aromatic heterocycles. The normalized spacial score (nSPS) is 15.0. The van der Waals surface area contributed by atoms with Gasteiger partial charge in [-0.05, 0) is 26.0 Å². The van der Waals surface area contributed by atoms with Crippen LogP contribution >= 0.6 is 0 Å². The Hall–Kier alpha value is -2.24. The van der Waals surface area contributed by atoms with Crippen LogP contribution in [-0.2, 0) is 4.79 Å². The molecule has 0 spiro atoms. The molecular formula is C15H22N4O2. The van der Waals surface area contributed by atoms with Crippen LogP contribution in [0.4, 0.5) is 16.2 Å². The van der Waals surface area contributed by atoms with E-state index in [1.54, 1.807) is 27.8 Å². The number of carbonyl (C=O) groups excluding carboxylic acids is 2. The molecule has 0 saturated carbocycles. The average Bonchev–Trinajstić information content (AvgIpc) is 2.80. The van der Waals surface area contributed by atoms with Crippen molar-refractivity contribution in [1.29, 1.82) is 0 Å². The number of hydrogen-bond acceptors (Lipinski definition) is 3. The Balaban J connectivity index is 2.06. The Morgan fingerprint density at radius 1 is 1.33 bits per heavy atom. The highest BCUT2D eigenvalue weighted by molar-refractivity contribution is 5.98. The summed E-state index contributed by atoms with van der Waals surface area (Å²) in [5.74, 6) is -0.0544. The molecule has 6 heteroatoms. The molecule has 0 radical (unpaired) electrons. The van der Waals surface area contributed by atoms with E-state index in [1.165, 1.54) is 0 Å². The van der Waals surface area contributed by atoms with Crippen LogP contribution in [0.3, 0.4) is 0 Å². The summed E-state index contributed by atoms with van der Waals surface area (Å²) in [4.78, 5) is 29.3. The zero-order valence-corrected chi connectivity index (χ0v) is 12.7. The quantitative estimate of drug-likeness (QED) is 0.852. The number of carbonyl (C=O) groups is 2. The van der Waals surface area contributed by atoms with Gasteiger partial charge in [0.2, 0.25) is 5.91 Å². The van der Waals surface area contributed by atoms with Crippen molar-refractivity contribution in [1.82, 2.24) is 9.80 Å². The van der Waals surface area contributed by atoms with Crippen molar-refractivity contribution in [2.45, 2.75) is 19.9 Å². The summed E-state index contributed by atoms with van der Waals surface area (Å²) in [7, 11) is 1.75. The van der Waals surface area contributed by atoms with Crippen LogP contribution in [0.5, 0.6) is 0 Å². The number of nitrogens with two attached hydrogens (primary N) is 1. The Bertz CT molecular complexity index is 544. The Labute approximate surface area is 125 Å².